The third kappa shape index (κ3) is 5.65. The molecule has 0 aliphatic heterocycles. The summed E-state index contributed by atoms with van der Waals surface area (Å²) < 4.78 is 9.81. The van der Waals surface area contributed by atoms with Crippen molar-refractivity contribution in [3.05, 3.63) is 0 Å². The molecule has 0 aliphatic carbocycles. The van der Waals surface area contributed by atoms with Crippen LogP contribution in [-0.4, -0.2) is 49.5 Å². The zero-order chi connectivity index (χ0) is 13.5. The van der Waals surface area contributed by atoms with Gasteiger partial charge in [0.1, 0.15) is 11.6 Å². The monoisotopic (exact) mass is 247 g/mol. The molecule has 2 N–H and O–H groups in total. The number of methoxy groups -OCH3 is 2. The zero-order valence-electron chi connectivity index (χ0n) is 10.8. The van der Waals surface area contributed by atoms with Crippen LogP contribution in [0.4, 0.5) is 0 Å². The van der Waals surface area contributed by atoms with Gasteiger partial charge in [0.25, 0.3) is 5.91 Å². The third-order valence-electron chi connectivity index (χ3n) is 2.50. The number of carbonyl (C=O) groups is 2. The Kier molecular flexibility index (Phi) is 6.75. The predicted molar refractivity (Wildman–Crippen MR) is 61.8 cm³/mol. The van der Waals surface area contributed by atoms with Gasteiger partial charge in [0, 0.05) is 20.8 Å². The van der Waals surface area contributed by atoms with Gasteiger partial charge in [-0.25, -0.2) is 4.79 Å². The molecule has 1 unspecified atom stereocenters. The maximum atomic E-state index is 11.7. The average Bonchev–Trinajstić information content (AvgIpc) is 2.27. The third-order valence-corrected chi connectivity index (χ3v) is 2.50. The summed E-state index contributed by atoms with van der Waals surface area (Å²) in [5, 5.41) is 11.4. The molecule has 0 rings (SSSR count). The number of nitrogens with one attached hydrogen (secondary N) is 1. The molecule has 6 heteroatoms. The molecule has 0 aromatic carbocycles. The lowest BCUT2D eigenvalue weighted by Crippen LogP contribution is -2.50. The second-order valence-corrected chi connectivity index (χ2v) is 4.21. The van der Waals surface area contributed by atoms with Crippen LogP contribution in [0.5, 0.6) is 0 Å². The van der Waals surface area contributed by atoms with Gasteiger partial charge in [0.2, 0.25) is 0 Å². The molecule has 0 heterocycles. The Hall–Kier alpha value is -1.14. The quantitative estimate of drug-likeness (QED) is 0.607. The van der Waals surface area contributed by atoms with E-state index in [-0.39, 0.29) is 0 Å². The second kappa shape index (κ2) is 7.24. The van der Waals surface area contributed by atoms with E-state index in [1.54, 1.807) is 21.0 Å². The minimum atomic E-state index is -1.05. The highest BCUT2D eigenvalue weighted by molar-refractivity contribution is 5.88. The normalized spacial score (nSPS) is 13.2. The van der Waals surface area contributed by atoms with E-state index in [1.807, 2.05) is 0 Å². The Morgan fingerprint density at radius 2 is 1.94 bits per heavy atom. The first-order valence-corrected chi connectivity index (χ1v) is 5.43. The molecule has 0 spiro atoms. The fourth-order valence-electron chi connectivity index (χ4n) is 1.11. The van der Waals surface area contributed by atoms with E-state index in [0.29, 0.717) is 19.4 Å². The standard InChI is InChI=1S/C11H21NO5/c1-11(2,17-4)10(15)12-8(9(13)14)6-5-7-16-3/h8H,5-7H2,1-4H3,(H,12,15)(H,13,14). The molecule has 0 bridgehead atoms. The van der Waals surface area contributed by atoms with E-state index >= 15 is 0 Å². The first-order valence-electron chi connectivity index (χ1n) is 5.43. The van der Waals surface area contributed by atoms with E-state index in [2.05, 4.69) is 5.32 Å². The first-order chi connectivity index (χ1) is 7.85. The summed E-state index contributed by atoms with van der Waals surface area (Å²) in [7, 11) is 2.95. The van der Waals surface area contributed by atoms with E-state index in [1.165, 1.54) is 7.11 Å². The molecular weight excluding hydrogens is 226 g/mol. The van der Waals surface area contributed by atoms with Gasteiger partial charge < -0.3 is 19.9 Å². The fourth-order valence-corrected chi connectivity index (χ4v) is 1.11. The topological polar surface area (TPSA) is 84.9 Å². The van der Waals surface area contributed by atoms with Crippen LogP contribution in [0, 0.1) is 0 Å². The smallest absolute Gasteiger partial charge is 0.326 e. The van der Waals surface area contributed by atoms with Gasteiger partial charge in [-0.3, -0.25) is 4.79 Å². The number of aliphatic carboxylic acids is 1. The lowest BCUT2D eigenvalue weighted by atomic mass is 10.1. The Bertz CT molecular complexity index is 265. The molecule has 6 nitrogen and oxygen atoms in total. The minimum Gasteiger partial charge on any atom is -0.480 e. The second-order valence-electron chi connectivity index (χ2n) is 4.21. The summed E-state index contributed by atoms with van der Waals surface area (Å²) in [4.78, 5) is 22.7. The molecule has 0 aliphatic rings. The molecular formula is C11H21NO5. The maximum absolute atomic E-state index is 11.7. The predicted octanol–water partition coefficient (Wildman–Crippen LogP) is 0.407. The van der Waals surface area contributed by atoms with Gasteiger partial charge in [-0.15, -0.1) is 0 Å². The van der Waals surface area contributed by atoms with Crippen LogP contribution in [0.1, 0.15) is 26.7 Å². The molecule has 0 aromatic rings. The number of ether oxygens (including phenoxy) is 2. The number of carboxylic acids is 1. The molecule has 0 saturated heterocycles. The Morgan fingerprint density at radius 3 is 2.35 bits per heavy atom. The Balaban J connectivity index is 4.35. The van der Waals surface area contributed by atoms with E-state index in [0.717, 1.165) is 0 Å². The van der Waals surface area contributed by atoms with Crippen molar-refractivity contribution in [3.8, 4) is 0 Å². The highest BCUT2D eigenvalue weighted by atomic mass is 16.5. The summed E-state index contributed by atoms with van der Waals surface area (Å²) >= 11 is 0. The molecule has 0 saturated carbocycles. The van der Waals surface area contributed by atoms with Gasteiger partial charge in [-0.2, -0.15) is 0 Å². The van der Waals surface area contributed by atoms with Gasteiger partial charge in [0.05, 0.1) is 0 Å². The van der Waals surface area contributed by atoms with Crippen LogP contribution in [0.2, 0.25) is 0 Å². The number of rotatable bonds is 8. The number of hydrogen-bond acceptors (Lipinski definition) is 4. The van der Waals surface area contributed by atoms with E-state index in [4.69, 9.17) is 14.6 Å². The SMILES string of the molecule is COCCCC(NC(=O)C(C)(C)OC)C(=O)O. The summed E-state index contributed by atoms with van der Waals surface area (Å²) in [6.07, 6.45) is 0.899. The van der Waals surface area contributed by atoms with E-state index < -0.39 is 23.5 Å². The van der Waals surface area contributed by atoms with Crippen molar-refractivity contribution in [2.75, 3.05) is 20.8 Å². The van der Waals surface area contributed by atoms with Gasteiger partial charge >= 0.3 is 5.97 Å². The van der Waals surface area contributed by atoms with Crippen LogP contribution in [0.25, 0.3) is 0 Å². The molecule has 1 atom stereocenters. The summed E-state index contributed by atoms with van der Waals surface area (Å²) in [5.41, 5.74) is -1.03. The van der Waals surface area contributed by atoms with Crippen LogP contribution in [0.15, 0.2) is 0 Å². The molecule has 0 aromatic heterocycles. The molecule has 0 radical (unpaired) electrons. The van der Waals surface area contributed by atoms with Crippen molar-refractivity contribution in [1.82, 2.24) is 5.32 Å². The van der Waals surface area contributed by atoms with Crippen molar-refractivity contribution in [1.29, 1.82) is 0 Å². The largest absolute Gasteiger partial charge is 0.480 e. The molecule has 100 valence electrons. The van der Waals surface area contributed by atoms with Crippen molar-refractivity contribution >= 4 is 11.9 Å². The van der Waals surface area contributed by atoms with Crippen LogP contribution >= 0.6 is 0 Å². The Labute approximate surface area is 101 Å². The van der Waals surface area contributed by atoms with Crippen LogP contribution < -0.4 is 5.32 Å². The highest BCUT2D eigenvalue weighted by Crippen LogP contribution is 2.09. The number of hydrogen-bond donors (Lipinski definition) is 2. The lowest BCUT2D eigenvalue weighted by molar-refractivity contribution is -0.147. The summed E-state index contributed by atoms with van der Waals surface area (Å²) in [6, 6.07) is -0.910. The highest BCUT2D eigenvalue weighted by Gasteiger charge is 2.30. The van der Waals surface area contributed by atoms with Crippen molar-refractivity contribution in [2.24, 2.45) is 0 Å². The average molecular weight is 247 g/mol. The van der Waals surface area contributed by atoms with Crippen LogP contribution in [-0.2, 0) is 19.1 Å². The van der Waals surface area contributed by atoms with Crippen molar-refractivity contribution in [2.45, 2.75) is 38.3 Å². The Morgan fingerprint density at radius 1 is 1.35 bits per heavy atom. The van der Waals surface area contributed by atoms with Gasteiger partial charge in [-0.05, 0) is 26.7 Å². The van der Waals surface area contributed by atoms with Crippen LogP contribution in [0.3, 0.4) is 0 Å². The minimum absolute atomic E-state index is 0.328. The summed E-state index contributed by atoms with van der Waals surface area (Å²) in [5.74, 6) is -1.49. The fraction of sp³-hybridized carbons (Fsp3) is 0.818. The number of carboxylic acid groups (broad SMARTS) is 1. The lowest BCUT2D eigenvalue weighted by Gasteiger charge is -2.24. The van der Waals surface area contributed by atoms with Crippen molar-refractivity contribution in [3.63, 3.8) is 0 Å². The first kappa shape index (κ1) is 15.9. The zero-order valence-corrected chi connectivity index (χ0v) is 10.8. The maximum Gasteiger partial charge on any atom is 0.326 e. The summed E-state index contributed by atoms with van der Waals surface area (Å²) in [6.45, 7) is 3.63. The number of amides is 1. The number of carbonyl (C=O) groups excluding carboxylic acids is 1. The molecule has 17 heavy (non-hydrogen) atoms. The van der Waals surface area contributed by atoms with E-state index in [9.17, 15) is 9.59 Å². The van der Waals surface area contributed by atoms with Gasteiger partial charge in [-0.1, -0.05) is 0 Å². The van der Waals surface area contributed by atoms with Crippen molar-refractivity contribution < 1.29 is 24.2 Å². The molecule has 1 amide bonds. The van der Waals surface area contributed by atoms with Gasteiger partial charge in [0.15, 0.2) is 0 Å². The molecule has 0 fully saturated rings.